The average molecular weight is 394 g/mol. The highest BCUT2D eigenvalue weighted by molar-refractivity contribution is 7.92. The summed E-state index contributed by atoms with van der Waals surface area (Å²) in [7, 11) is -3.68. The first kappa shape index (κ1) is 19.9. The number of amides is 1. The van der Waals surface area contributed by atoms with Crippen LogP contribution in [0, 0.1) is 6.92 Å². The number of hydrogen-bond donors (Lipinski definition) is 1. The standard InChI is InChI=1S/C18H20ClN3O3S/c1-13-16(19)10-7-11-17(13)22(26(3,24)25)12-18(23)21-20-14(2)15-8-5-4-6-9-15/h4-11H,12H2,1-3H3,(H,21,23)/b20-14-. The Morgan fingerprint density at radius 2 is 1.81 bits per heavy atom. The fourth-order valence-corrected chi connectivity index (χ4v) is 3.38. The summed E-state index contributed by atoms with van der Waals surface area (Å²) in [6, 6.07) is 14.2. The van der Waals surface area contributed by atoms with E-state index in [2.05, 4.69) is 10.5 Å². The predicted molar refractivity (Wildman–Crippen MR) is 105 cm³/mol. The summed E-state index contributed by atoms with van der Waals surface area (Å²) in [4.78, 5) is 12.2. The fraction of sp³-hybridized carbons (Fsp3) is 0.222. The third-order valence-corrected chi connectivity index (χ3v) is 5.27. The largest absolute Gasteiger partial charge is 0.271 e. The molecule has 1 amide bonds. The lowest BCUT2D eigenvalue weighted by molar-refractivity contribution is -0.119. The Bertz CT molecular complexity index is 928. The van der Waals surface area contributed by atoms with Crippen LogP contribution in [0.4, 0.5) is 5.69 Å². The van der Waals surface area contributed by atoms with Gasteiger partial charge < -0.3 is 0 Å². The number of nitrogens with one attached hydrogen (secondary N) is 1. The molecule has 138 valence electrons. The molecule has 0 unspecified atom stereocenters. The van der Waals surface area contributed by atoms with Crippen molar-refractivity contribution in [2.45, 2.75) is 13.8 Å². The van der Waals surface area contributed by atoms with Crippen molar-refractivity contribution in [2.75, 3.05) is 17.1 Å². The van der Waals surface area contributed by atoms with E-state index in [1.807, 2.05) is 30.3 Å². The molecule has 0 saturated heterocycles. The molecule has 0 aliphatic carbocycles. The molecule has 0 aromatic heterocycles. The summed E-state index contributed by atoms with van der Waals surface area (Å²) < 4.78 is 25.3. The van der Waals surface area contributed by atoms with Gasteiger partial charge in [0, 0.05) is 5.02 Å². The fourth-order valence-electron chi connectivity index (χ4n) is 2.30. The molecule has 0 aliphatic heterocycles. The normalized spacial score (nSPS) is 11.9. The topological polar surface area (TPSA) is 78.8 Å². The maximum absolute atomic E-state index is 12.2. The van der Waals surface area contributed by atoms with Gasteiger partial charge in [-0.15, -0.1) is 0 Å². The third-order valence-electron chi connectivity index (χ3n) is 3.74. The summed E-state index contributed by atoms with van der Waals surface area (Å²) in [5, 5.41) is 4.46. The number of carbonyl (C=O) groups excluding carboxylic acids is 1. The SMILES string of the molecule is C/C(=N/NC(=O)CN(c1cccc(Cl)c1C)S(C)(=O)=O)c1ccccc1. The zero-order valence-electron chi connectivity index (χ0n) is 14.7. The summed E-state index contributed by atoms with van der Waals surface area (Å²) in [6.45, 7) is 3.06. The molecule has 1 N–H and O–H groups in total. The van der Waals surface area contributed by atoms with Gasteiger partial charge >= 0.3 is 0 Å². The van der Waals surface area contributed by atoms with E-state index < -0.39 is 22.5 Å². The highest BCUT2D eigenvalue weighted by atomic mass is 35.5. The van der Waals surface area contributed by atoms with Gasteiger partial charge in [0.1, 0.15) is 6.54 Å². The molecule has 0 radical (unpaired) electrons. The number of carbonyl (C=O) groups is 1. The molecule has 6 nitrogen and oxygen atoms in total. The molecule has 0 spiro atoms. The van der Waals surface area contributed by atoms with Crippen LogP contribution in [0.1, 0.15) is 18.1 Å². The third kappa shape index (κ3) is 5.06. The number of nitrogens with zero attached hydrogens (tertiary/aromatic N) is 2. The first-order valence-corrected chi connectivity index (χ1v) is 10.0. The van der Waals surface area contributed by atoms with Crippen molar-refractivity contribution < 1.29 is 13.2 Å². The van der Waals surface area contributed by atoms with Crippen LogP contribution in [-0.2, 0) is 14.8 Å². The van der Waals surface area contributed by atoms with Gasteiger partial charge in [-0.1, -0.05) is 48.0 Å². The van der Waals surface area contributed by atoms with Crippen LogP contribution in [0.15, 0.2) is 53.6 Å². The van der Waals surface area contributed by atoms with Gasteiger partial charge in [-0.05, 0) is 37.1 Å². The van der Waals surface area contributed by atoms with Crippen molar-refractivity contribution in [1.29, 1.82) is 0 Å². The van der Waals surface area contributed by atoms with Crippen LogP contribution < -0.4 is 9.73 Å². The molecule has 2 aromatic rings. The molecule has 0 saturated carbocycles. The molecule has 0 fully saturated rings. The van der Waals surface area contributed by atoms with E-state index in [9.17, 15) is 13.2 Å². The Kier molecular flexibility index (Phi) is 6.39. The number of anilines is 1. The Labute approximate surface area is 158 Å². The zero-order chi connectivity index (χ0) is 19.3. The molecule has 0 bridgehead atoms. The quantitative estimate of drug-likeness (QED) is 0.605. The van der Waals surface area contributed by atoms with Crippen LogP contribution >= 0.6 is 11.6 Å². The van der Waals surface area contributed by atoms with E-state index in [0.29, 0.717) is 22.0 Å². The van der Waals surface area contributed by atoms with Gasteiger partial charge in [0.25, 0.3) is 5.91 Å². The number of hydrazone groups is 1. The van der Waals surface area contributed by atoms with Crippen molar-refractivity contribution in [3.63, 3.8) is 0 Å². The van der Waals surface area contributed by atoms with E-state index in [-0.39, 0.29) is 0 Å². The minimum atomic E-state index is -3.68. The van der Waals surface area contributed by atoms with Gasteiger partial charge in [-0.3, -0.25) is 9.10 Å². The minimum Gasteiger partial charge on any atom is -0.271 e. The van der Waals surface area contributed by atoms with E-state index in [4.69, 9.17) is 11.6 Å². The van der Waals surface area contributed by atoms with Crippen molar-refractivity contribution >= 4 is 38.9 Å². The minimum absolute atomic E-state index is 0.360. The molecule has 0 aliphatic rings. The Balaban J connectivity index is 2.19. The molecular weight excluding hydrogens is 374 g/mol. The molecule has 2 aromatic carbocycles. The first-order chi connectivity index (χ1) is 12.2. The van der Waals surface area contributed by atoms with E-state index in [1.165, 1.54) is 0 Å². The van der Waals surface area contributed by atoms with Crippen molar-refractivity contribution in [1.82, 2.24) is 5.43 Å². The first-order valence-electron chi connectivity index (χ1n) is 7.81. The Hall–Kier alpha value is -2.38. The van der Waals surface area contributed by atoms with Crippen molar-refractivity contribution in [3.8, 4) is 0 Å². The Morgan fingerprint density at radius 3 is 2.42 bits per heavy atom. The second-order valence-electron chi connectivity index (χ2n) is 5.75. The maximum atomic E-state index is 12.2. The highest BCUT2D eigenvalue weighted by Crippen LogP contribution is 2.27. The number of rotatable bonds is 6. The van der Waals surface area contributed by atoms with Crippen LogP contribution in [-0.4, -0.2) is 32.8 Å². The van der Waals surface area contributed by atoms with E-state index >= 15 is 0 Å². The van der Waals surface area contributed by atoms with Gasteiger partial charge in [-0.2, -0.15) is 5.10 Å². The van der Waals surface area contributed by atoms with Crippen molar-refractivity contribution in [2.24, 2.45) is 5.10 Å². The van der Waals surface area contributed by atoms with Gasteiger partial charge in [0.05, 0.1) is 17.7 Å². The van der Waals surface area contributed by atoms with E-state index in [0.717, 1.165) is 16.1 Å². The van der Waals surface area contributed by atoms with Crippen LogP contribution in [0.2, 0.25) is 5.02 Å². The lowest BCUT2D eigenvalue weighted by atomic mass is 10.1. The smallest absolute Gasteiger partial charge is 0.260 e. The lowest BCUT2D eigenvalue weighted by Crippen LogP contribution is -2.39. The predicted octanol–water partition coefficient (Wildman–Crippen LogP) is 2.95. The Morgan fingerprint density at radius 1 is 1.15 bits per heavy atom. The highest BCUT2D eigenvalue weighted by Gasteiger charge is 2.23. The molecule has 26 heavy (non-hydrogen) atoms. The van der Waals surface area contributed by atoms with Crippen LogP contribution in [0.25, 0.3) is 0 Å². The van der Waals surface area contributed by atoms with Crippen LogP contribution in [0.5, 0.6) is 0 Å². The van der Waals surface area contributed by atoms with E-state index in [1.54, 1.807) is 32.0 Å². The molecular formula is C18H20ClN3O3S. The molecule has 8 heteroatoms. The summed E-state index contributed by atoms with van der Waals surface area (Å²) in [6.07, 6.45) is 1.04. The molecule has 0 atom stereocenters. The van der Waals surface area contributed by atoms with Gasteiger partial charge in [0.15, 0.2) is 0 Å². The zero-order valence-corrected chi connectivity index (χ0v) is 16.3. The summed E-state index contributed by atoms with van der Waals surface area (Å²) in [5.74, 6) is -0.551. The maximum Gasteiger partial charge on any atom is 0.260 e. The number of benzene rings is 2. The molecule has 2 rings (SSSR count). The number of halogens is 1. The lowest BCUT2D eigenvalue weighted by Gasteiger charge is -2.23. The monoisotopic (exact) mass is 393 g/mol. The van der Waals surface area contributed by atoms with Crippen LogP contribution in [0.3, 0.4) is 0 Å². The van der Waals surface area contributed by atoms with Gasteiger partial charge in [0.2, 0.25) is 10.0 Å². The second-order valence-corrected chi connectivity index (χ2v) is 8.07. The number of hydrogen-bond acceptors (Lipinski definition) is 4. The van der Waals surface area contributed by atoms with Crippen molar-refractivity contribution in [3.05, 3.63) is 64.7 Å². The number of sulfonamides is 1. The second kappa shape index (κ2) is 8.33. The van der Waals surface area contributed by atoms with Gasteiger partial charge in [-0.25, -0.2) is 13.8 Å². The average Bonchev–Trinajstić information content (AvgIpc) is 2.60. The molecule has 0 heterocycles. The summed E-state index contributed by atoms with van der Waals surface area (Å²) >= 11 is 6.07. The summed E-state index contributed by atoms with van der Waals surface area (Å²) in [5.41, 5.74) is 4.81.